The van der Waals surface area contributed by atoms with Crippen LogP contribution in [-0.4, -0.2) is 26.2 Å². The van der Waals surface area contributed by atoms with E-state index in [0.29, 0.717) is 6.04 Å². The molecule has 4 heteroatoms. The Morgan fingerprint density at radius 1 is 1.21 bits per heavy atom. The first-order valence-corrected chi connectivity index (χ1v) is 6.71. The molecule has 1 aromatic rings. The van der Waals surface area contributed by atoms with Gasteiger partial charge in [0.05, 0.1) is 20.1 Å². The van der Waals surface area contributed by atoms with E-state index in [1.807, 2.05) is 24.3 Å². The number of benzene rings is 1. The number of esters is 1. The van der Waals surface area contributed by atoms with Gasteiger partial charge in [0.25, 0.3) is 0 Å². The SMILES string of the molecule is COC(=O)C1CCC(Nc2cccc(OC)c2)CC1. The van der Waals surface area contributed by atoms with E-state index in [4.69, 9.17) is 9.47 Å². The van der Waals surface area contributed by atoms with Gasteiger partial charge in [-0.2, -0.15) is 0 Å². The highest BCUT2D eigenvalue weighted by molar-refractivity contribution is 5.72. The maximum atomic E-state index is 11.5. The highest BCUT2D eigenvalue weighted by Gasteiger charge is 2.26. The van der Waals surface area contributed by atoms with Crippen LogP contribution in [0.15, 0.2) is 24.3 Å². The maximum Gasteiger partial charge on any atom is 0.308 e. The van der Waals surface area contributed by atoms with Crippen LogP contribution in [0.5, 0.6) is 5.75 Å². The number of hydrogen-bond donors (Lipinski definition) is 1. The quantitative estimate of drug-likeness (QED) is 0.849. The second-order valence-corrected chi connectivity index (χ2v) is 4.95. The molecule has 1 aliphatic rings. The van der Waals surface area contributed by atoms with E-state index < -0.39 is 0 Å². The van der Waals surface area contributed by atoms with Crippen molar-refractivity contribution in [2.24, 2.45) is 5.92 Å². The molecular formula is C15H21NO3. The highest BCUT2D eigenvalue weighted by Crippen LogP contribution is 2.28. The van der Waals surface area contributed by atoms with Gasteiger partial charge in [0.15, 0.2) is 0 Å². The second-order valence-electron chi connectivity index (χ2n) is 4.95. The summed E-state index contributed by atoms with van der Waals surface area (Å²) in [5, 5.41) is 3.50. The molecule has 104 valence electrons. The van der Waals surface area contributed by atoms with Crippen molar-refractivity contribution in [3.8, 4) is 5.75 Å². The zero-order chi connectivity index (χ0) is 13.7. The average molecular weight is 263 g/mol. The van der Waals surface area contributed by atoms with Crippen LogP contribution in [0.1, 0.15) is 25.7 Å². The normalized spacial score (nSPS) is 22.6. The van der Waals surface area contributed by atoms with Crippen LogP contribution in [0.3, 0.4) is 0 Å². The summed E-state index contributed by atoms with van der Waals surface area (Å²) in [6.45, 7) is 0. The molecule has 0 amide bonds. The summed E-state index contributed by atoms with van der Waals surface area (Å²) in [5.74, 6) is 0.862. The average Bonchev–Trinajstić information content (AvgIpc) is 2.47. The maximum absolute atomic E-state index is 11.5. The fourth-order valence-electron chi connectivity index (χ4n) is 2.59. The molecule has 2 rings (SSSR count). The van der Waals surface area contributed by atoms with E-state index in [0.717, 1.165) is 37.1 Å². The lowest BCUT2D eigenvalue weighted by Gasteiger charge is -2.28. The monoisotopic (exact) mass is 263 g/mol. The Morgan fingerprint density at radius 2 is 1.95 bits per heavy atom. The summed E-state index contributed by atoms with van der Waals surface area (Å²) in [6, 6.07) is 8.36. The Kier molecular flexibility index (Phi) is 4.66. The summed E-state index contributed by atoms with van der Waals surface area (Å²) in [5.41, 5.74) is 1.07. The van der Waals surface area contributed by atoms with Gasteiger partial charge in [-0.15, -0.1) is 0 Å². The fourth-order valence-corrected chi connectivity index (χ4v) is 2.59. The molecule has 0 spiro atoms. The molecular weight excluding hydrogens is 242 g/mol. The molecule has 0 aromatic heterocycles. The van der Waals surface area contributed by atoms with Crippen molar-refractivity contribution in [3.05, 3.63) is 24.3 Å². The molecule has 0 heterocycles. The number of nitrogens with one attached hydrogen (secondary N) is 1. The number of carbonyl (C=O) groups is 1. The van der Waals surface area contributed by atoms with E-state index >= 15 is 0 Å². The minimum absolute atomic E-state index is 0.0696. The summed E-state index contributed by atoms with van der Waals surface area (Å²) in [6.07, 6.45) is 3.79. The van der Waals surface area contributed by atoms with Gasteiger partial charge in [0, 0.05) is 17.8 Å². The molecule has 0 bridgehead atoms. The molecule has 0 saturated heterocycles. The van der Waals surface area contributed by atoms with Gasteiger partial charge in [-0.05, 0) is 37.8 Å². The lowest BCUT2D eigenvalue weighted by atomic mass is 9.86. The molecule has 1 saturated carbocycles. The largest absolute Gasteiger partial charge is 0.497 e. The third-order valence-electron chi connectivity index (χ3n) is 3.70. The van der Waals surface area contributed by atoms with Gasteiger partial charge in [-0.1, -0.05) is 6.07 Å². The standard InChI is InChI=1S/C15H21NO3/c1-18-14-5-3-4-13(10-14)16-12-8-6-11(7-9-12)15(17)19-2/h3-5,10-12,16H,6-9H2,1-2H3. The number of hydrogen-bond acceptors (Lipinski definition) is 4. The third kappa shape index (κ3) is 3.63. The molecule has 1 N–H and O–H groups in total. The zero-order valence-corrected chi connectivity index (χ0v) is 11.5. The van der Waals surface area contributed by atoms with Gasteiger partial charge in [0.1, 0.15) is 5.75 Å². The Morgan fingerprint density at radius 3 is 2.58 bits per heavy atom. The predicted molar refractivity (Wildman–Crippen MR) is 74.4 cm³/mol. The Balaban J connectivity index is 1.86. The lowest BCUT2D eigenvalue weighted by molar-refractivity contribution is -0.146. The molecule has 1 fully saturated rings. The molecule has 0 aliphatic heterocycles. The molecule has 1 aromatic carbocycles. The summed E-state index contributed by atoms with van der Waals surface area (Å²) < 4.78 is 10.0. The Labute approximate surface area is 114 Å². The highest BCUT2D eigenvalue weighted by atomic mass is 16.5. The molecule has 19 heavy (non-hydrogen) atoms. The number of rotatable bonds is 4. The van der Waals surface area contributed by atoms with E-state index in [9.17, 15) is 4.79 Å². The first-order chi connectivity index (χ1) is 9.22. The van der Waals surface area contributed by atoms with Crippen molar-refractivity contribution in [2.75, 3.05) is 19.5 Å². The van der Waals surface area contributed by atoms with Crippen molar-refractivity contribution in [2.45, 2.75) is 31.7 Å². The molecule has 0 radical (unpaired) electrons. The van der Waals surface area contributed by atoms with Crippen LogP contribution < -0.4 is 10.1 Å². The second kappa shape index (κ2) is 6.45. The van der Waals surface area contributed by atoms with E-state index in [-0.39, 0.29) is 11.9 Å². The zero-order valence-electron chi connectivity index (χ0n) is 11.5. The topological polar surface area (TPSA) is 47.6 Å². The van der Waals surface area contributed by atoms with Crippen molar-refractivity contribution in [1.29, 1.82) is 0 Å². The van der Waals surface area contributed by atoms with E-state index in [1.54, 1.807) is 7.11 Å². The number of ether oxygens (including phenoxy) is 2. The van der Waals surface area contributed by atoms with Crippen LogP contribution in [0.2, 0.25) is 0 Å². The summed E-state index contributed by atoms with van der Waals surface area (Å²) >= 11 is 0. The van der Waals surface area contributed by atoms with Crippen molar-refractivity contribution in [1.82, 2.24) is 0 Å². The van der Waals surface area contributed by atoms with Crippen LogP contribution in [0.25, 0.3) is 0 Å². The number of anilines is 1. The Hall–Kier alpha value is -1.71. The summed E-state index contributed by atoms with van der Waals surface area (Å²) in [7, 11) is 3.13. The smallest absolute Gasteiger partial charge is 0.308 e. The van der Waals surface area contributed by atoms with Gasteiger partial charge in [-0.3, -0.25) is 4.79 Å². The molecule has 0 unspecified atom stereocenters. The first kappa shape index (κ1) is 13.7. The predicted octanol–water partition coefficient (Wildman–Crippen LogP) is 2.84. The van der Waals surface area contributed by atoms with Crippen LogP contribution in [0, 0.1) is 5.92 Å². The van der Waals surface area contributed by atoms with E-state index in [1.165, 1.54) is 7.11 Å². The molecule has 0 atom stereocenters. The fraction of sp³-hybridized carbons (Fsp3) is 0.533. The molecule has 4 nitrogen and oxygen atoms in total. The number of carbonyl (C=O) groups excluding carboxylic acids is 1. The minimum Gasteiger partial charge on any atom is -0.497 e. The lowest BCUT2D eigenvalue weighted by Crippen LogP contribution is -2.29. The summed E-state index contributed by atoms with van der Waals surface area (Å²) in [4.78, 5) is 11.5. The van der Waals surface area contributed by atoms with Crippen molar-refractivity contribution in [3.63, 3.8) is 0 Å². The van der Waals surface area contributed by atoms with Crippen LogP contribution >= 0.6 is 0 Å². The van der Waals surface area contributed by atoms with Gasteiger partial charge >= 0.3 is 5.97 Å². The van der Waals surface area contributed by atoms with Gasteiger partial charge in [0.2, 0.25) is 0 Å². The number of methoxy groups -OCH3 is 2. The minimum atomic E-state index is -0.0696. The van der Waals surface area contributed by atoms with Gasteiger partial charge < -0.3 is 14.8 Å². The van der Waals surface area contributed by atoms with Crippen molar-refractivity contribution < 1.29 is 14.3 Å². The van der Waals surface area contributed by atoms with Crippen molar-refractivity contribution >= 4 is 11.7 Å². The van der Waals surface area contributed by atoms with Crippen LogP contribution in [-0.2, 0) is 9.53 Å². The van der Waals surface area contributed by atoms with Crippen LogP contribution in [0.4, 0.5) is 5.69 Å². The third-order valence-corrected chi connectivity index (χ3v) is 3.70. The van der Waals surface area contributed by atoms with Gasteiger partial charge in [-0.25, -0.2) is 0 Å². The van der Waals surface area contributed by atoms with E-state index in [2.05, 4.69) is 5.32 Å². The molecule has 1 aliphatic carbocycles. The Bertz CT molecular complexity index is 425. The first-order valence-electron chi connectivity index (χ1n) is 6.71.